The lowest BCUT2D eigenvalue weighted by molar-refractivity contribution is 0.0594. The predicted octanol–water partition coefficient (Wildman–Crippen LogP) is 4.34. The minimum absolute atomic E-state index is 0.207. The van der Waals surface area contributed by atoms with E-state index in [1.165, 1.54) is 48.5 Å². The van der Waals surface area contributed by atoms with E-state index in [2.05, 4.69) is 45.0 Å². The smallest absolute Gasteiger partial charge is 0.264 e. The zero-order valence-corrected chi connectivity index (χ0v) is 19.1. The average Bonchev–Trinajstić information content (AvgIpc) is 3.31. The van der Waals surface area contributed by atoms with Crippen LogP contribution in [0.4, 0.5) is 5.00 Å². The minimum Gasteiger partial charge on any atom is -0.378 e. The highest BCUT2D eigenvalue weighted by Gasteiger charge is 2.30. The van der Waals surface area contributed by atoms with Crippen LogP contribution in [0.5, 0.6) is 0 Å². The summed E-state index contributed by atoms with van der Waals surface area (Å²) >= 11 is 1.66. The first-order valence-corrected chi connectivity index (χ1v) is 12.7. The number of rotatable bonds is 4. The highest BCUT2D eigenvalue weighted by atomic mass is 32.1. The van der Waals surface area contributed by atoms with Gasteiger partial charge in [0.1, 0.15) is 0 Å². The first-order chi connectivity index (χ1) is 15.3. The zero-order chi connectivity index (χ0) is 21.0. The Labute approximate surface area is 189 Å². The number of likely N-dealkylation sites (tertiary alicyclic amines) is 2. The number of carbonyl (C=O) groups excluding carboxylic acids is 1. The summed E-state index contributed by atoms with van der Waals surface area (Å²) in [4.78, 5) is 21.5. The minimum atomic E-state index is 0.207. The van der Waals surface area contributed by atoms with E-state index in [0.29, 0.717) is 6.04 Å². The summed E-state index contributed by atoms with van der Waals surface area (Å²) in [6.45, 7) is 7.51. The van der Waals surface area contributed by atoms with E-state index >= 15 is 0 Å². The molecule has 5 nitrogen and oxygen atoms in total. The van der Waals surface area contributed by atoms with Crippen molar-refractivity contribution in [1.29, 1.82) is 0 Å². The molecule has 1 aromatic heterocycles. The summed E-state index contributed by atoms with van der Waals surface area (Å²) < 4.78 is 5.56. The van der Waals surface area contributed by atoms with Gasteiger partial charge in [0.05, 0.1) is 23.1 Å². The number of benzene rings is 1. The second-order valence-electron chi connectivity index (χ2n) is 8.91. The Kier molecular flexibility index (Phi) is 6.58. The molecule has 6 heteroatoms. The monoisotopic (exact) mass is 439 g/mol. The van der Waals surface area contributed by atoms with Crippen molar-refractivity contribution in [2.45, 2.75) is 38.1 Å². The summed E-state index contributed by atoms with van der Waals surface area (Å²) in [6.07, 6.45) is 6.27. The van der Waals surface area contributed by atoms with E-state index in [4.69, 9.17) is 4.74 Å². The molecule has 1 amide bonds. The number of ether oxygens (including phenoxy) is 1. The van der Waals surface area contributed by atoms with E-state index < -0.39 is 0 Å². The number of thiophene rings is 1. The van der Waals surface area contributed by atoms with Gasteiger partial charge in [0, 0.05) is 37.8 Å². The summed E-state index contributed by atoms with van der Waals surface area (Å²) in [5.74, 6) is 0.207. The van der Waals surface area contributed by atoms with Crippen LogP contribution in [-0.2, 0) is 4.74 Å². The first kappa shape index (κ1) is 21.0. The van der Waals surface area contributed by atoms with Gasteiger partial charge in [0.2, 0.25) is 0 Å². The molecule has 0 N–H and O–H groups in total. The van der Waals surface area contributed by atoms with Gasteiger partial charge in [-0.2, -0.15) is 0 Å². The van der Waals surface area contributed by atoms with Gasteiger partial charge in [-0.15, -0.1) is 11.3 Å². The summed E-state index contributed by atoms with van der Waals surface area (Å²) in [5, 5.41) is 1.21. The van der Waals surface area contributed by atoms with Crippen LogP contribution in [0, 0.1) is 0 Å². The van der Waals surface area contributed by atoms with Gasteiger partial charge in [-0.1, -0.05) is 36.8 Å². The summed E-state index contributed by atoms with van der Waals surface area (Å²) in [5.41, 5.74) is 2.36. The SMILES string of the molecule is O=C(c1cc(-c2ccccc2)c(N2CCOCC2)s1)N1CCC(N2CCCCC2)CC1. The Balaban J connectivity index is 1.32. The fourth-order valence-corrected chi connectivity index (χ4v) is 6.39. The Hall–Kier alpha value is -1.89. The van der Waals surface area contributed by atoms with Gasteiger partial charge in [0.15, 0.2) is 0 Å². The van der Waals surface area contributed by atoms with Crippen molar-refractivity contribution in [2.75, 3.05) is 57.4 Å². The molecule has 2 aromatic rings. The number of piperidine rings is 2. The number of nitrogens with zero attached hydrogens (tertiary/aromatic N) is 3. The van der Waals surface area contributed by atoms with Gasteiger partial charge >= 0.3 is 0 Å². The Morgan fingerprint density at radius 1 is 0.903 bits per heavy atom. The fourth-order valence-electron chi connectivity index (χ4n) is 5.19. The van der Waals surface area contributed by atoms with Gasteiger partial charge in [0.25, 0.3) is 5.91 Å². The van der Waals surface area contributed by atoms with Crippen LogP contribution in [0.1, 0.15) is 41.8 Å². The normalized spacial score (nSPS) is 21.4. The number of anilines is 1. The zero-order valence-electron chi connectivity index (χ0n) is 18.3. The molecule has 0 unspecified atom stereocenters. The number of carbonyl (C=O) groups is 1. The van der Waals surface area contributed by atoms with E-state index in [-0.39, 0.29) is 5.91 Å². The van der Waals surface area contributed by atoms with Crippen LogP contribution in [0.15, 0.2) is 36.4 Å². The molecule has 4 heterocycles. The van der Waals surface area contributed by atoms with Crippen molar-refractivity contribution in [1.82, 2.24) is 9.80 Å². The number of amides is 1. The maximum absolute atomic E-state index is 13.4. The standard InChI is InChI=1S/C25H33N3O2S/c29-24(27-13-9-21(10-14-27)26-11-5-2-6-12-26)23-19-22(20-7-3-1-4-8-20)25(31-23)28-15-17-30-18-16-28/h1,3-4,7-8,19,21H,2,5-6,9-18H2. The lowest BCUT2D eigenvalue weighted by atomic mass is 9.99. The van der Waals surface area contributed by atoms with Gasteiger partial charge in [-0.3, -0.25) is 4.79 Å². The van der Waals surface area contributed by atoms with Crippen LogP contribution in [0.25, 0.3) is 11.1 Å². The number of hydrogen-bond donors (Lipinski definition) is 0. The molecule has 3 aliphatic heterocycles. The average molecular weight is 440 g/mol. The van der Waals surface area contributed by atoms with E-state index in [1.807, 2.05) is 6.07 Å². The van der Waals surface area contributed by atoms with Crippen molar-refractivity contribution in [2.24, 2.45) is 0 Å². The van der Waals surface area contributed by atoms with Crippen LogP contribution in [0.2, 0.25) is 0 Å². The Bertz CT molecular complexity index is 864. The highest BCUT2D eigenvalue weighted by Crippen LogP contribution is 2.40. The largest absolute Gasteiger partial charge is 0.378 e. The van der Waals surface area contributed by atoms with Crippen LogP contribution < -0.4 is 4.90 Å². The van der Waals surface area contributed by atoms with Gasteiger partial charge in [-0.05, 0) is 50.4 Å². The van der Waals surface area contributed by atoms with Gasteiger partial charge in [-0.25, -0.2) is 0 Å². The molecule has 3 saturated heterocycles. The van der Waals surface area contributed by atoms with Crippen LogP contribution in [-0.4, -0.2) is 74.2 Å². The molecule has 5 rings (SSSR count). The van der Waals surface area contributed by atoms with Crippen molar-refractivity contribution >= 4 is 22.2 Å². The second-order valence-corrected chi connectivity index (χ2v) is 9.95. The van der Waals surface area contributed by atoms with Crippen molar-refractivity contribution < 1.29 is 9.53 Å². The van der Waals surface area contributed by atoms with Crippen LogP contribution in [0.3, 0.4) is 0 Å². The van der Waals surface area contributed by atoms with Crippen molar-refractivity contribution in [3.8, 4) is 11.1 Å². The third kappa shape index (κ3) is 4.66. The molecule has 0 atom stereocenters. The van der Waals surface area contributed by atoms with Crippen molar-refractivity contribution in [3.63, 3.8) is 0 Å². The fraction of sp³-hybridized carbons (Fsp3) is 0.560. The first-order valence-electron chi connectivity index (χ1n) is 11.8. The second kappa shape index (κ2) is 9.72. The third-order valence-electron chi connectivity index (χ3n) is 6.97. The molecular weight excluding hydrogens is 406 g/mol. The third-order valence-corrected chi connectivity index (χ3v) is 8.15. The van der Waals surface area contributed by atoms with E-state index in [1.54, 1.807) is 11.3 Å². The topological polar surface area (TPSA) is 36.0 Å². The Morgan fingerprint density at radius 2 is 1.61 bits per heavy atom. The molecule has 0 aliphatic carbocycles. The molecule has 0 bridgehead atoms. The molecule has 3 aliphatic rings. The lowest BCUT2D eigenvalue weighted by Crippen LogP contribution is -2.48. The molecule has 166 valence electrons. The molecular formula is C25H33N3O2S. The number of hydrogen-bond acceptors (Lipinski definition) is 5. The van der Waals surface area contributed by atoms with Gasteiger partial charge < -0.3 is 19.4 Å². The molecule has 1 aromatic carbocycles. The molecule has 0 radical (unpaired) electrons. The van der Waals surface area contributed by atoms with E-state index in [0.717, 1.165) is 57.1 Å². The Morgan fingerprint density at radius 3 is 2.32 bits per heavy atom. The molecule has 0 saturated carbocycles. The van der Waals surface area contributed by atoms with E-state index in [9.17, 15) is 4.79 Å². The summed E-state index contributed by atoms with van der Waals surface area (Å²) in [7, 11) is 0. The molecule has 31 heavy (non-hydrogen) atoms. The summed E-state index contributed by atoms with van der Waals surface area (Å²) in [6, 6.07) is 13.3. The van der Waals surface area contributed by atoms with Crippen molar-refractivity contribution in [3.05, 3.63) is 41.3 Å². The maximum atomic E-state index is 13.4. The maximum Gasteiger partial charge on any atom is 0.264 e. The predicted molar refractivity (Wildman–Crippen MR) is 127 cm³/mol. The molecule has 3 fully saturated rings. The number of morpholine rings is 1. The molecule has 0 spiro atoms. The van der Waals surface area contributed by atoms with Crippen LogP contribution >= 0.6 is 11.3 Å². The quantitative estimate of drug-likeness (QED) is 0.710. The lowest BCUT2D eigenvalue weighted by Gasteiger charge is -2.40. The highest BCUT2D eigenvalue weighted by molar-refractivity contribution is 7.18.